The molecule has 0 spiro atoms. The number of fused-ring (bicyclic) bond motifs is 2. The van der Waals surface area contributed by atoms with Gasteiger partial charge in [-0.2, -0.15) is 0 Å². The Hall–Kier alpha value is -2.06. The van der Waals surface area contributed by atoms with E-state index in [1.807, 2.05) is 0 Å². The molecule has 0 saturated carbocycles. The van der Waals surface area contributed by atoms with E-state index in [0.29, 0.717) is 6.61 Å². The minimum absolute atomic E-state index is 0.636. The molecule has 1 heterocycles. The Balaban J connectivity index is 2.10. The highest BCUT2D eigenvalue weighted by Crippen LogP contribution is 2.37. The number of hydrogen-bond donors (Lipinski definition) is 0. The molecule has 0 fully saturated rings. The smallest absolute Gasteiger partial charge is 0.127 e. The standard InChI is InChI=1S/C20H23NO/c1-15-10-11-20-19(13-15)18(9-6-12-21(2)3)17-8-5-4-7-16(17)14-22-20/h4-5,7-11,13H,6,12,14H2,1-3H3. The summed E-state index contributed by atoms with van der Waals surface area (Å²) >= 11 is 0. The topological polar surface area (TPSA) is 12.5 Å². The van der Waals surface area contributed by atoms with Crippen molar-refractivity contribution in [2.75, 3.05) is 20.6 Å². The Labute approximate surface area is 133 Å². The van der Waals surface area contributed by atoms with Crippen molar-refractivity contribution < 1.29 is 4.74 Å². The second-order valence-electron chi connectivity index (χ2n) is 6.16. The lowest BCUT2D eigenvalue weighted by Gasteiger charge is -2.13. The normalized spacial score (nSPS) is 15.2. The zero-order valence-electron chi connectivity index (χ0n) is 13.6. The Kier molecular flexibility index (Phi) is 4.30. The lowest BCUT2D eigenvalue weighted by Crippen LogP contribution is -2.12. The molecule has 0 unspecified atom stereocenters. The first-order valence-electron chi connectivity index (χ1n) is 7.82. The van der Waals surface area contributed by atoms with E-state index in [-0.39, 0.29) is 0 Å². The van der Waals surface area contributed by atoms with Crippen molar-refractivity contribution in [3.63, 3.8) is 0 Å². The molecule has 0 radical (unpaired) electrons. The van der Waals surface area contributed by atoms with Gasteiger partial charge in [0.1, 0.15) is 12.4 Å². The second kappa shape index (κ2) is 6.37. The highest BCUT2D eigenvalue weighted by molar-refractivity contribution is 5.85. The first-order valence-corrected chi connectivity index (χ1v) is 7.82. The van der Waals surface area contributed by atoms with Crippen molar-refractivity contribution in [2.24, 2.45) is 0 Å². The maximum atomic E-state index is 6.04. The second-order valence-corrected chi connectivity index (χ2v) is 6.16. The van der Waals surface area contributed by atoms with Gasteiger partial charge in [-0.25, -0.2) is 0 Å². The van der Waals surface area contributed by atoms with Crippen LogP contribution < -0.4 is 4.74 Å². The van der Waals surface area contributed by atoms with E-state index in [2.05, 4.69) is 74.5 Å². The van der Waals surface area contributed by atoms with E-state index in [1.54, 1.807) is 0 Å². The van der Waals surface area contributed by atoms with Crippen molar-refractivity contribution in [1.29, 1.82) is 0 Å². The van der Waals surface area contributed by atoms with Gasteiger partial charge in [-0.05, 0) is 56.3 Å². The van der Waals surface area contributed by atoms with Crippen LogP contribution >= 0.6 is 0 Å². The predicted octanol–water partition coefficient (Wildman–Crippen LogP) is 4.27. The lowest BCUT2D eigenvalue weighted by atomic mass is 9.92. The van der Waals surface area contributed by atoms with E-state index in [0.717, 1.165) is 18.7 Å². The molecule has 2 nitrogen and oxygen atoms in total. The monoisotopic (exact) mass is 293 g/mol. The lowest BCUT2D eigenvalue weighted by molar-refractivity contribution is 0.307. The van der Waals surface area contributed by atoms with Crippen molar-refractivity contribution in [2.45, 2.75) is 20.0 Å². The number of nitrogens with zero attached hydrogens (tertiary/aromatic N) is 1. The third kappa shape index (κ3) is 3.07. The summed E-state index contributed by atoms with van der Waals surface area (Å²) in [5.41, 5.74) is 6.33. The molecule has 1 aliphatic heterocycles. The van der Waals surface area contributed by atoms with Gasteiger partial charge in [0.05, 0.1) is 0 Å². The summed E-state index contributed by atoms with van der Waals surface area (Å²) in [6, 6.07) is 15.0. The molecule has 1 aliphatic rings. The van der Waals surface area contributed by atoms with Gasteiger partial charge in [0, 0.05) is 12.1 Å². The molecule has 0 atom stereocenters. The molecule has 22 heavy (non-hydrogen) atoms. The Bertz CT molecular complexity index is 701. The highest BCUT2D eigenvalue weighted by Gasteiger charge is 2.18. The predicted molar refractivity (Wildman–Crippen MR) is 92.2 cm³/mol. The molecular weight excluding hydrogens is 270 g/mol. The number of ether oxygens (including phenoxy) is 1. The first-order chi connectivity index (χ1) is 10.6. The zero-order chi connectivity index (χ0) is 15.5. The molecule has 0 amide bonds. The highest BCUT2D eigenvalue weighted by atomic mass is 16.5. The van der Waals surface area contributed by atoms with Gasteiger partial charge >= 0.3 is 0 Å². The third-order valence-electron chi connectivity index (χ3n) is 4.04. The number of hydrogen-bond acceptors (Lipinski definition) is 2. The van der Waals surface area contributed by atoms with Gasteiger partial charge in [-0.1, -0.05) is 42.0 Å². The molecule has 2 aromatic carbocycles. The van der Waals surface area contributed by atoms with Crippen LogP contribution in [0.1, 0.15) is 28.7 Å². The Morgan fingerprint density at radius 1 is 1.09 bits per heavy atom. The summed E-state index contributed by atoms with van der Waals surface area (Å²) in [6.07, 6.45) is 3.38. The van der Waals surface area contributed by atoms with Crippen LogP contribution in [0.4, 0.5) is 0 Å². The van der Waals surface area contributed by atoms with Crippen LogP contribution in [0.3, 0.4) is 0 Å². The van der Waals surface area contributed by atoms with E-state index in [4.69, 9.17) is 4.74 Å². The van der Waals surface area contributed by atoms with E-state index in [1.165, 1.54) is 27.8 Å². The maximum Gasteiger partial charge on any atom is 0.127 e. The quantitative estimate of drug-likeness (QED) is 0.838. The van der Waals surface area contributed by atoms with Crippen LogP contribution in [0.5, 0.6) is 5.75 Å². The van der Waals surface area contributed by atoms with Crippen molar-refractivity contribution in [1.82, 2.24) is 4.90 Å². The van der Waals surface area contributed by atoms with E-state index >= 15 is 0 Å². The summed E-state index contributed by atoms with van der Waals surface area (Å²) in [6.45, 7) is 3.82. The molecule has 2 aromatic rings. The van der Waals surface area contributed by atoms with Crippen LogP contribution in [-0.4, -0.2) is 25.5 Å². The molecule has 3 rings (SSSR count). The minimum Gasteiger partial charge on any atom is -0.488 e. The van der Waals surface area contributed by atoms with Gasteiger partial charge in [-0.3, -0.25) is 0 Å². The van der Waals surface area contributed by atoms with Gasteiger partial charge in [0.2, 0.25) is 0 Å². The van der Waals surface area contributed by atoms with Crippen LogP contribution in [-0.2, 0) is 6.61 Å². The van der Waals surface area contributed by atoms with Gasteiger partial charge in [0.15, 0.2) is 0 Å². The number of rotatable bonds is 3. The average Bonchev–Trinajstić information content (AvgIpc) is 2.65. The number of benzene rings is 2. The van der Waals surface area contributed by atoms with Gasteiger partial charge in [0.25, 0.3) is 0 Å². The van der Waals surface area contributed by atoms with E-state index < -0.39 is 0 Å². The summed E-state index contributed by atoms with van der Waals surface area (Å²) < 4.78 is 6.04. The summed E-state index contributed by atoms with van der Waals surface area (Å²) in [4.78, 5) is 2.22. The molecule has 0 aliphatic carbocycles. The molecule has 2 heteroatoms. The fourth-order valence-corrected chi connectivity index (χ4v) is 2.88. The SMILES string of the molecule is Cc1ccc2c(c1)C(=CCCN(C)C)c1ccccc1CO2. The minimum atomic E-state index is 0.636. The van der Waals surface area contributed by atoms with Crippen LogP contribution in [0.25, 0.3) is 5.57 Å². The summed E-state index contributed by atoms with van der Waals surface area (Å²) in [5.74, 6) is 0.984. The largest absolute Gasteiger partial charge is 0.488 e. The summed E-state index contributed by atoms with van der Waals surface area (Å²) in [7, 11) is 4.22. The Morgan fingerprint density at radius 2 is 1.91 bits per heavy atom. The average molecular weight is 293 g/mol. The molecule has 0 bridgehead atoms. The zero-order valence-corrected chi connectivity index (χ0v) is 13.6. The van der Waals surface area contributed by atoms with Crippen LogP contribution in [0.2, 0.25) is 0 Å². The molecule has 0 N–H and O–H groups in total. The fraction of sp³-hybridized carbons (Fsp3) is 0.300. The number of aryl methyl sites for hydroxylation is 1. The molecule has 114 valence electrons. The third-order valence-corrected chi connectivity index (χ3v) is 4.04. The van der Waals surface area contributed by atoms with Gasteiger partial charge in [-0.15, -0.1) is 0 Å². The van der Waals surface area contributed by atoms with Crippen molar-refractivity contribution >= 4 is 5.57 Å². The summed E-state index contributed by atoms with van der Waals surface area (Å²) in [5, 5.41) is 0. The maximum absolute atomic E-state index is 6.04. The molecule has 0 saturated heterocycles. The van der Waals surface area contributed by atoms with Crippen LogP contribution in [0, 0.1) is 6.92 Å². The van der Waals surface area contributed by atoms with Gasteiger partial charge < -0.3 is 9.64 Å². The Morgan fingerprint density at radius 3 is 2.73 bits per heavy atom. The first kappa shape index (κ1) is 14.9. The molecule has 0 aromatic heterocycles. The van der Waals surface area contributed by atoms with Crippen LogP contribution in [0.15, 0.2) is 48.5 Å². The fourth-order valence-electron chi connectivity index (χ4n) is 2.88. The van der Waals surface area contributed by atoms with Crippen molar-refractivity contribution in [3.05, 3.63) is 70.8 Å². The molecular formula is C20H23NO. The van der Waals surface area contributed by atoms with Crippen molar-refractivity contribution in [3.8, 4) is 5.75 Å². The van der Waals surface area contributed by atoms with E-state index in [9.17, 15) is 0 Å².